The Labute approximate surface area is 115 Å². The Morgan fingerprint density at radius 1 is 1.05 bits per heavy atom. The molecule has 0 unspecified atom stereocenters. The SMILES string of the molecule is CCNc1nc(Cc2ccccc2C)nc(C)c1C. The quantitative estimate of drug-likeness (QED) is 0.909. The summed E-state index contributed by atoms with van der Waals surface area (Å²) in [6.07, 6.45) is 0.784. The molecule has 0 aliphatic rings. The molecule has 19 heavy (non-hydrogen) atoms. The Kier molecular flexibility index (Phi) is 4.15. The molecular formula is C16H21N3. The van der Waals surface area contributed by atoms with E-state index in [-0.39, 0.29) is 0 Å². The van der Waals surface area contributed by atoms with Gasteiger partial charge in [0.15, 0.2) is 0 Å². The normalized spacial score (nSPS) is 10.5. The van der Waals surface area contributed by atoms with Gasteiger partial charge in [-0.15, -0.1) is 0 Å². The highest BCUT2D eigenvalue weighted by atomic mass is 15.0. The van der Waals surface area contributed by atoms with Crippen LogP contribution in [0.2, 0.25) is 0 Å². The third-order valence-electron chi connectivity index (χ3n) is 3.39. The molecule has 0 aliphatic heterocycles. The Hall–Kier alpha value is -1.90. The topological polar surface area (TPSA) is 37.8 Å². The molecule has 3 heteroatoms. The minimum Gasteiger partial charge on any atom is -0.370 e. The molecule has 2 rings (SSSR count). The first-order chi connectivity index (χ1) is 9.11. The number of aromatic nitrogens is 2. The van der Waals surface area contributed by atoms with Crippen LogP contribution in [0.5, 0.6) is 0 Å². The highest BCUT2D eigenvalue weighted by molar-refractivity contribution is 5.45. The Bertz CT molecular complexity index is 576. The fourth-order valence-electron chi connectivity index (χ4n) is 2.08. The van der Waals surface area contributed by atoms with Gasteiger partial charge in [-0.1, -0.05) is 24.3 Å². The van der Waals surface area contributed by atoms with Gasteiger partial charge in [0.25, 0.3) is 0 Å². The maximum atomic E-state index is 4.64. The zero-order valence-electron chi connectivity index (χ0n) is 12.1. The molecule has 100 valence electrons. The Morgan fingerprint density at radius 3 is 2.47 bits per heavy atom. The van der Waals surface area contributed by atoms with Gasteiger partial charge in [0.05, 0.1) is 0 Å². The number of anilines is 1. The van der Waals surface area contributed by atoms with Crippen LogP contribution >= 0.6 is 0 Å². The smallest absolute Gasteiger partial charge is 0.135 e. The number of nitrogens with one attached hydrogen (secondary N) is 1. The lowest BCUT2D eigenvalue weighted by atomic mass is 10.1. The largest absolute Gasteiger partial charge is 0.370 e. The summed E-state index contributed by atoms with van der Waals surface area (Å²) >= 11 is 0. The Morgan fingerprint density at radius 2 is 1.79 bits per heavy atom. The van der Waals surface area contributed by atoms with Crippen molar-refractivity contribution in [1.29, 1.82) is 0 Å². The predicted octanol–water partition coefficient (Wildman–Crippen LogP) is 3.42. The lowest BCUT2D eigenvalue weighted by molar-refractivity contribution is 0.918. The third-order valence-corrected chi connectivity index (χ3v) is 3.39. The first-order valence-electron chi connectivity index (χ1n) is 6.74. The number of hydrogen-bond donors (Lipinski definition) is 1. The van der Waals surface area contributed by atoms with E-state index in [1.165, 1.54) is 11.1 Å². The van der Waals surface area contributed by atoms with Gasteiger partial charge in [0.1, 0.15) is 11.6 Å². The van der Waals surface area contributed by atoms with Gasteiger partial charge in [0.2, 0.25) is 0 Å². The molecule has 0 amide bonds. The summed E-state index contributed by atoms with van der Waals surface area (Å²) in [7, 11) is 0. The molecular weight excluding hydrogens is 234 g/mol. The summed E-state index contributed by atoms with van der Waals surface area (Å²) in [5, 5.41) is 3.31. The summed E-state index contributed by atoms with van der Waals surface area (Å²) in [5.74, 6) is 1.84. The van der Waals surface area contributed by atoms with Gasteiger partial charge in [-0.25, -0.2) is 9.97 Å². The molecule has 0 spiro atoms. The molecule has 0 radical (unpaired) electrons. The van der Waals surface area contributed by atoms with Crippen molar-refractivity contribution in [2.24, 2.45) is 0 Å². The van der Waals surface area contributed by atoms with Crippen LogP contribution in [0, 0.1) is 20.8 Å². The van der Waals surface area contributed by atoms with E-state index in [1.807, 2.05) is 6.92 Å². The van der Waals surface area contributed by atoms with Crippen LogP contribution < -0.4 is 5.32 Å². The predicted molar refractivity (Wildman–Crippen MR) is 79.7 cm³/mol. The van der Waals surface area contributed by atoms with E-state index in [1.54, 1.807) is 0 Å². The lowest BCUT2D eigenvalue weighted by Gasteiger charge is -2.12. The van der Waals surface area contributed by atoms with Gasteiger partial charge in [-0.2, -0.15) is 0 Å². The lowest BCUT2D eigenvalue weighted by Crippen LogP contribution is -2.08. The van der Waals surface area contributed by atoms with Crippen molar-refractivity contribution in [2.45, 2.75) is 34.1 Å². The van der Waals surface area contributed by atoms with Gasteiger partial charge < -0.3 is 5.32 Å². The zero-order chi connectivity index (χ0) is 13.8. The summed E-state index contributed by atoms with van der Waals surface area (Å²) in [4.78, 5) is 9.24. The summed E-state index contributed by atoms with van der Waals surface area (Å²) in [6, 6.07) is 8.39. The van der Waals surface area contributed by atoms with Gasteiger partial charge >= 0.3 is 0 Å². The monoisotopic (exact) mass is 255 g/mol. The van der Waals surface area contributed by atoms with Crippen LogP contribution in [0.1, 0.15) is 35.1 Å². The summed E-state index contributed by atoms with van der Waals surface area (Å²) in [6.45, 7) is 9.19. The minimum atomic E-state index is 0.784. The second-order valence-corrected chi connectivity index (χ2v) is 4.83. The molecule has 0 bridgehead atoms. The van der Waals surface area contributed by atoms with E-state index in [0.29, 0.717) is 0 Å². The highest BCUT2D eigenvalue weighted by Crippen LogP contribution is 2.17. The van der Waals surface area contributed by atoms with Crippen LogP contribution in [0.3, 0.4) is 0 Å². The molecule has 0 saturated heterocycles. The molecule has 1 aromatic heterocycles. The van der Waals surface area contributed by atoms with E-state index >= 15 is 0 Å². The highest BCUT2D eigenvalue weighted by Gasteiger charge is 2.08. The average Bonchev–Trinajstić information content (AvgIpc) is 2.38. The van der Waals surface area contributed by atoms with E-state index in [4.69, 9.17) is 0 Å². The van der Waals surface area contributed by atoms with Crippen molar-refractivity contribution >= 4 is 5.82 Å². The third kappa shape index (κ3) is 3.11. The van der Waals surface area contributed by atoms with Crippen molar-refractivity contribution < 1.29 is 0 Å². The molecule has 0 fully saturated rings. The standard InChI is InChI=1S/C16H21N3/c1-5-17-16-12(3)13(4)18-15(19-16)10-14-9-7-6-8-11(14)2/h6-9H,5,10H2,1-4H3,(H,17,18,19). The summed E-state index contributed by atoms with van der Waals surface area (Å²) < 4.78 is 0. The fraction of sp³-hybridized carbons (Fsp3) is 0.375. The van der Waals surface area contributed by atoms with Crippen molar-refractivity contribution in [3.05, 3.63) is 52.5 Å². The number of hydrogen-bond acceptors (Lipinski definition) is 3. The molecule has 3 nitrogen and oxygen atoms in total. The Balaban J connectivity index is 2.33. The maximum Gasteiger partial charge on any atom is 0.135 e. The van der Waals surface area contributed by atoms with Crippen LogP contribution in [0.4, 0.5) is 5.82 Å². The molecule has 1 aromatic carbocycles. The molecule has 0 saturated carbocycles. The fourth-order valence-corrected chi connectivity index (χ4v) is 2.08. The number of nitrogens with zero attached hydrogens (tertiary/aromatic N) is 2. The van der Waals surface area contributed by atoms with Gasteiger partial charge in [-0.05, 0) is 38.8 Å². The van der Waals surface area contributed by atoms with Crippen LogP contribution in [-0.4, -0.2) is 16.5 Å². The van der Waals surface area contributed by atoms with E-state index in [9.17, 15) is 0 Å². The molecule has 1 N–H and O–H groups in total. The van der Waals surface area contributed by atoms with Crippen molar-refractivity contribution in [1.82, 2.24) is 9.97 Å². The molecule has 2 aromatic rings. The van der Waals surface area contributed by atoms with Crippen LogP contribution in [-0.2, 0) is 6.42 Å². The van der Waals surface area contributed by atoms with Crippen LogP contribution in [0.25, 0.3) is 0 Å². The second kappa shape index (κ2) is 5.83. The first-order valence-corrected chi connectivity index (χ1v) is 6.74. The minimum absolute atomic E-state index is 0.784. The van der Waals surface area contributed by atoms with E-state index in [0.717, 1.165) is 35.9 Å². The van der Waals surface area contributed by atoms with Crippen molar-refractivity contribution in [3.8, 4) is 0 Å². The second-order valence-electron chi connectivity index (χ2n) is 4.83. The number of rotatable bonds is 4. The zero-order valence-corrected chi connectivity index (χ0v) is 12.1. The van der Waals surface area contributed by atoms with Crippen molar-refractivity contribution in [2.75, 3.05) is 11.9 Å². The van der Waals surface area contributed by atoms with Crippen molar-refractivity contribution in [3.63, 3.8) is 0 Å². The molecule has 0 aliphatic carbocycles. The molecule has 0 atom stereocenters. The number of aryl methyl sites for hydroxylation is 2. The van der Waals surface area contributed by atoms with E-state index < -0.39 is 0 Å². The first kappa shape index (κ1) is 13.5. The molecule has 1 heterocycles. The maximum absolute atomic E-state index is 4.64. The van der Waals surface area contributed by atoms with Gasteiger partial charge in [-0.3, -0.25) is 0 Å². The average molecular weight is 255 g/mol. The van der Waals surface area contributed by atoms with E-state index in [2.05, 4.69) is 60.3 Å². The van der Waals surface area contributed by atoms with Crippen LogP contribution in [0.15, 0.2) is 24.3 Å². The summed E-state index contributed by atoms with van der Waals surface area (Å²) in [5.41, 5.74) is 4.76. The number of benzene rings is 1. The van der Waals surface area contributed by atoms with Gasteiger partial charge in [0, 0.05) is 24.2 Å².